The molecule has 0 atom stereocenters. The van der Waals surface area contributed by atoms with Gasteiger partial charge in [0.1, 0.15) is 22.6 Å². The van der Waals surface area contributed by atoms with E-state index >= 15 is 0 Å². The predicted molar refractivity (Wildman–Crippen MR) is 97.5 cm³/mol. The van der Waals surface area contributed by atoms with Crippen molar-refractivity contribution in [2.24, 2.45) is 0 Å². The number of nitriles is 1. The van der Waals surface area contributed by atoms with Crippen LogP contribution in [0.4, 0.5) is 4.39 Å². The quantitative estimate of drug-likeness (QED) is 0.512. The third-order valence-corrected chi connectivity index (χ3v) is 4.37. The second-order valence-electron chi connectivity index (χ2n) is 5.85. The fourth-order valence-corrected chi connectivity index (χ4v) is 3.13. The summed E-state index contributed by atoms with van der Waals surface area (Å²) >= 11 is 5.82. The third kappa shape index (κ3) is 2.96. The fraction of sp³-hybridized carbons (Fsp3) is 0.0526. The van der Waals surface area contributed by atoms with Crippen LogP contribution in [0.2, 0.25) is 5.15 Å². The average molecular weight is 380 g/mol. The molecule has 0 radical (unpaired) electrons. The zero-order chi connectivity index (χ0) is 19.0. The summed E-state index contributed by atoms with van der Waals surface area (Å²) in [6.07, 6.45) is 5.83. The molecule has 0 fully saturated rings. The van der Waals surface area contributed by atoms with Gasteiger partial charge in [-0.05, 0) is 23.8 Å². The molecule has 2 aliphatic heterocycles. The van der Waals surface area contributed by atoms with Crippen molar-refractivity contribution < 1.29 is 4.39 Å². The van der Waals surface area contributed by atoms with E-state index in [0.717, 1.165) is 11.8 Å². The van der Waals surface area contributed by atoms with Crippen molar-refractivity contribution >= 4 is 11.6 Å². The first-order valence-electron chi connectivity index (χ1n) is 7.94. The van der Waals surface area contributed by atoms with Crippen molar-refractivity contribution in [2.75, 3.05) is 0 Å². The van der Waals surface area contributed by atoms with Crippen LogP contribution in [0, 0.1) is 17.1 Å². The molecule has 0 saturated heterocycles. The van der Waals surface area contributed by atoms with Gasteiger partial charge in [0.05, 0.1) is 29.5 Å². The molecule has 2 aromatic rings. The van der Waals surface area contributed by atoms with Gasteiger partial charge < -0.3 is 4.57 Å². The average Bonchev–Trinajstić information content (AvgIpc) is 2.95. The van der Waals surface area contributed by atoms with Crippen molar-refractivity contribution in [3.63, 3.8) is 0 Å². The van der Waals surface area contributed by atoms with Gasteiger partial charge in [0, 0.05) is 25.0 Å². The Labute approximate surface area is 158 Å². The maximum atomic E-state index is 13.6. The number of fused-ring (bicyclic) bond motifs is 1. The molecule has 0 bridgehead atoms. The number of hydrogen-bond donors (Lipinski definition) is 0. The van der Waals surface area contributed by atoms with Gasteiger partial charge in [-0.15, -0.1) is 0 Å². The minimum absolute atomic E-state index is 0.0169. The molecule has 0 N–H and O–H groups in total. The lowest BCUT2D eigenvalue weighted by molar-refractivity contribution is 0.619. The zero-order valence-corrected chi connectivity index (χ0v) is 14.6. The van der Waals surface area contributed by atoms with Crippen LogP contribution < -0.4 is 5.56 Å². The normalized spacial score (nSPS) is 10.9. The molecule has 0 unspecified atom stereocenters. The zero-order valence-electron chi connectivity index (χ0n) is 13.8. The maximum absolute atomic E-state index is 13.6. The molecule has 2 aliphatic rings. The van der Waals surface area contributed by atoms with E-state index in [9.17, 15) is 14.4 Å². The molecule has 4 rings (SSSR count). The van der Waals surface area contributed by atoms with Crippen molar-refractivity contribution in [2.45, 2.75) is 6.54 Å². The summed E-state index contributed by atoms with van der Waals surface area (Å²) in [6, 6.07) is 10.1. The monoisotopic (exact) mass is 379 g/mol. The van der Waals surface area contributed by atoms with E-state index in [1.54, 1.807) is 35.2 Å². The molecular weight excluding hydrogens is 369 g/mol. The molecule has 0 saturated carbocycles. The standard InChI is InChI=1S/C19H11ClFN5O/c20-17-4-3-12(8-24-17)11-25-5-1-2-16-18(25)15(7-22)19(27)26(16)14-6-13(21)9-23-10-14/h1-6,8-10H,11H2. The minimum atomic E-state index is -0.566. The molecule has 2 aromatic heterocycles. The van der Waals surface area contributed by atoms with Crippen LogP contribution in [0.5, 0.6) is 0 Å². The van der Waals surface area contributed by atoms with Crippen molar-refractivity contribution in [3.8, 4) is 23.1 Å². The molecule has 6 nitrogen and oxygen atoms in total. The molecule has 4 heterocycles. The third-order valence-electron chi connectivity index (χ3n) is 4.15. The number of aromatic nitrogens is 4. The Morgan fingerprint density at radius 3 is 2.78 bits per heavy atom. The number of rotatable bonds is 3. The number of nitrogens with zero attached hydrogens (tertiary/aromatic N) is 5. The van der Waals surface area contributed by atoms with Gasteiger partial charge in [-0.1, -0.05) is 17.7 Å². The summed E-state index contributed by atoms with van der Waals surface area (Å²) in [4.78, 5) is 20.7. The predicted octanol–water partition coefficient (Wildman–Crippen LogP) is 3.25. The van der Waals surface area contributed by atoms with Gasteiger partial charge in [-0.2, -0.15) is 5.26 Å². The van der Waals surface area contributed by atoms with Crippen LogP contribution in [0.1, 0.15) is 11.1 Å². The first-order chi connectivity index (χ1) is 13.1. The van der Waals surface area contributed by atoms with Gasteiger partial charge in [0.2, 0.25) is 0 Å². The lowest BCUT2D eigenvalue weighted by atomic mass is 10.2. The molecule has 8 heteroatoms. The molecule has 0 aliphatic carbocycles. The minimum Gasteiger partial charge on any atom is -0.341 e. The Hall–Kier alpha value is -3.50. The van der Waals surface area contributed by atoms with Gasteiger partial charge in [0.15, 0.2) is 0 Å². The summed E-state index contributed by atoms with van der Waals surface area (Å²) in [6.45, 7) is 0.390. The highest BCUT2D eigenvalue weighted by atomic mass is 35.5. The van der Waals surface area contributed by atoms with Crippen LogP contribution >= 0.6 is 11.6 Å². The van der Waals surface area contributed by atoms with Crippen molar-refractivity contribution in [1.29, 1.82) is 5.26 Å². The largest absolute Gasteiger partial charge is 0.341 e. The van der Waals surface area contributed by atoms with Crippen LogP contribution in [0.3, 0.4) is 0 Å². The first kappa shape index (κ1) is 16.9. The molecule has 27 heavy (non-hydrogen) atoms. The molecule has 0 amide bonds. The van der Waals surface area contributed by atoms with E-state index in [1.165, 1.54) is 16.8 Å². The van der Waals surface area contributed by atoms with E-state index in [2.05, 4.69) is 9.97 Å². The van der Waals surface area contributed by atoms with Gasteiger partial charge >= 0.3 is 0 Å². The molecule has 132 valence electrons. The SMILES string of the molecule is N#Cc1c2n(Cc3ccc(Cl)nc3)cccc-2n(-c2cncc(F)c2)c1=O. The van der Waals surface area contributed by atoms with Gasteiger partial charge in [0.25, 0.3) is 5.56 Å². The maximum Gasteiger partial charge on any atom is 0.275 e. The number of pyridine rings is 3. The highest BCUT2D eigenvalue weighted by molar-refractivity contribution is 6.29. The highest BCUT2D eigenvalue weighted by Crippen LogP contribution is 2.28. The smallest absolute Gasteiger partial charge is 0.275 e. The van der Waals surface area contributed by atoms with Crippen LogP contribution in [0.15, 0.2) is 59.9 Å². The number of hydrogen-bond acceptors (Lipinski definition) is 4. The first-order valence-corrected chi connectivity index (χ1v) is 8.31. The molecule has 0 spiro atoms. The van der Waals surface area contributed by atoms with Crippen LogP contribution in [-0.4, -0.2) is 19.1 Å². The summed E-state index contributed by atoms with van der Waals surface area (Å²) in [5, 5.41) is 9.94. The topological polar surface area (TPSA) is 76.5 Å². The van der Waals surface area contributed by atoms with E-state index in [1.807, 2.05) is 12.1 Å². The van der Waals surface area contributed by atoms with Crippen LogP contribution in [0.25, 0.3) is 17.1 Å². The lowest BCUT2D eigenvalue weighted by Crippen LogP contribution is -2.15. The van der Waals surface area contributed by atoms with E-state index in [-0.39, 0.29) is 11.3 Å². The Morgan fingerprint density at radius 1 is 1.22 bits per heavy atom. The summed E-state index contributed by atoms with van der Waals surface area (Å²) in [7, 11) is 0. The second-order valence-corrected chi connectivity index (χ2v) is 6.24. The summed E-state index contributed by atoms with van der Waals surface area (Å²) in [5.74, 6) is -0.566. The van der Waals surface area contributed by atoms with Crippen LogP contribution in [-0.2, 0) is 6.54 Å². The van der Waals surface area contributed by atoms with E-state index < -0.39 is 11.4 Å². The van der Waals surface area contributed by atoms with Crippen molar-refractivity contribution in [1.82, 2.24) is 19.1 Å². The summed E-state index contributed by atoms with van der Waals surface area (Å²) < 4.78 is 16.7. The van der Waals surface area contributed by atoms with Gasteiger partial charge in [-0.3, -0.25) is 14.3 Å². The van der Waals surface area contributed by atoms with E-state index in [4.69, 9.17) is 11.6 Å². The Morgan fingerprint density at radius 2 is 2.07 bits per heavy atom. The highest BCUT2D eigenvalue weighted by Gasteiger charge is 2.24. The fourth-order valence-electron chi connectivity index (χ4n) is 3.02. The molecule has 0 aromatic carbocycles. The Balaban J connectivity index is 1.91. The van der Waals surface area contributed by atoms with E-state index in [0.29, 0.717) is 23.1 Å². The second kappa shape index (κ2) is 6.67. The Bertz CT molecular complexity index is 1210. The number of halogens is 2. The van der Waals surface area contributed by atoms with Gasteiger partial charge in [-0.25, -0.2) is 9.37 Å². The van der Waals surface area contributed by atoms with Crippen molar-refractivity contribution in [3.05, 3.63) is 87.6 Å². The summed E-state index contributed by atoms with van der Waals surface area (Å²) in [5.41, 5.74) is 1.54. The molecular formula is C19H11ClFN5O. The lowest BCUT2D eigenvalue weighted by Gasteiger charge is -2.14. The Kier molecular flexibility index (Phi) is 4.18.